The topological polar surface area (TPSA) is 66.4 Å². The monoisotopic (exact) mass is 456 g/mol. The summed E-state index contributed by atoms with van der Waals surface area (Å²) >= 11 is 0. The highest BCUT2D eigenvalue weighted by atomic mass is 16.5. The molecule has 34 heavy (non-hydrogen) atoms. The highest BCUT2D eigenvalue weighted by Crippen LogP contribution is 2.47. The Labute approximate surface area is 199 Å². The first-order chi connectivity index (χ1) is 16.5. The number of ether oxygens (including phenoxy) is 2. The van der Waals surface area contributed by atoms with Gasteiger partial charge in [-0.3, -0.25) is 4.79 Å². The van der Waals surface area contributed by atoms with Gasteiger partial charge in [-0.15, -0.1) is 5.10 Å². The number of nitrogens with zero attached hydrogens (tertiary/aromatic N) is 3. The number of hydrogen-bond donors (Lipinski definition) is 1. The van der Waals surface area contributed by atoms with Crippen molar-refractivity contribution in [3.8, 4) is 11.5 Å². The van der Waals surface area contributed by atoms with Gasteiger partial charge in [0.15, 0.2) is 17.2 Å². The zero-order chi connectivity index (χ0) is 23.9. The molecular formula is C27H28N4O3. The van der Waals surface area contributed by atoms with Crippen LogP contribution in [0.15, 0.2) is 71.8 Å². The fourth-order valence-corrected chi connectivity index (χ4v) is 4.82. The molecule has 2 aliphatic heterocycles. The minimum Gasteiger partial charge on any atom is -0.493 e. The number of hydrogen-bond acceptors (Lipinski definition) is 6. The summed E-state index contributed by atoms with van der Waals surface area (Å²) in [4.78, 5) is 15.5. The molecule has 0 saturated heterocycles. The van der Waals surface area contributed by atoms with Crippen molar-refractivity contribution in [3.05, 3.63) is 83.4 Å². The van der Waals surface area contributed by atoms with E-state index in [1.54, 1.807) is 14.2 Å². The molecule has 0 bridgehead atoms. The van der Waals surface area contributed by atoms with Crippen molar-refractivity contribution >= 4 is 23.1 Å². The van der Waals surface area contributed by atoms with Crippen molar-refractivity contribution in [1.29, 1.82) is 0 Å². The largest absolute Gasteiger partial charge is 0.493 e. The van der Waals surface area contributed by atoms with Gasteiger partial charge in [0.25, 0.3) is 5.91 Å². The Morgan fingerprint density at radius 3 is 2.35 bits per heavy atom. The summed E-state index contributed by atoms with van der Waals surface area (Å²) in [6.07, 6.45) is 0.755. The summed E-state index contributed by atoms with van der Waals surface area (Å²) in [5.74, 6) is 1.49. The Morgan fingerprint density at radius 1 is 1.00 bits per heavy atom. The number of hydrazone groups is 1. The number of methoxy groups -OCH3 is 2. The lowest BCUT2D eigenvalue weighted by Crippen LogP contribution is -2.56. The molecule has 1 N–H and O–H groups in total. The van der Waals surface area contributed by atoms with Crippen molar-refractivity contribution in [2.75, 3.05) is 31.1 Å². The summed E-state index contributed by atoms with van der Waals surface area (Å²) in [6, 6.07) is 21.7. The van der Waals surface area contributed by atoms with Crippen LogP contribution in [0.3, 0.4) is 0 Å². The standard InChI is InChI=1S/C27H28N4O3/c1-18-10-12-21(13-11-18)31-27(2)22-17-24(34-4)23(33-3)16-19(22)14-15-30(27)25(29-31)26(32)28-20-8-6-5-7-9-20/h5-13,16-17H,14-15H2,1-4H3,(H,28,32). The smallest absolute Gasteiger partial charge is 0.293 e. The zero-order valence-electron chi connectivity index (χ0n) is 19.8. The van der Waals surface area contributed by atoms with Gasteiger partial charge in [0.2, 0.25) is 5.84 Å². The van der Waals surface area contributed by atoms with Crippen molar-refractivity contribution in [3.63, 3.8) is 0 Å². The minimum absolute atomic E-state index is 0.240. The van der Waals surface area contributed by atoms with Crippen LogP contribution in [0.4, 0.5) is 11.4 Å². The fourth-order valence-electron chi connectivity index (χ4n) is 4.82. The number of carbonyl (C=O) groups excluding carboxylic acids is 1. The van der Waals surface area contributed by atoms with Crippen molar-refractivity contribution < 1.29 is 14.3 Å². The maximum Gasteiger partial charge on any atom is 0.293 e. The molecule has 7 nitrogen and oxygen atoms in total. The maximum atomic E-state index is 13.4. The molecule has 2 heterocycles. The molecule has 7 heteroatoms. The summed E-state index contributed by atoms with van der Waals surface area (Å²) in [5.41, 5.74) is 4.26. The van der Waals surface area contributed by atoms with Gasteiger partial charge < -0.3 is 19.7 Å². The van der Waals surface area contributed by atoms with Gasteiger partial charge in [-0.1, -0.05) is 35.9 Å². The Kier molecular flexibility index (Phi) is 5.40. The molecule has 3 aromatic carbocycles. The molecule has 1 atom stereocenters. The second-order valence-electron chi connectivity index (χ2n) is 8.68. The number of anilines is 2. The van der Waals surface area contributed by atoms with Crippen LogP contribution in [0.1, 0.15) is 23.6 Å². The third-order valence-corrected chi connectivity index (χ3v) is 6.63. The van der Waals surface area contributed by atoms with E-state index in [9.17, 15) is 4.79 Å². The summed E-state index contributed by atoms with van der Waals surface area (Å²) in [5, 5.41) is 9.83. The Bertz CT molecular complexity index is 1260. The zero-order valence-corrected chi connectivity index (χ0v) is 19.8. The van der Waals surface area contributed by atoms with Crippen LogP contribution in [0, 0.1) is 6.92 Å². The first-order valence-corrected chi connectivity index (χ1v) is 11.3. The SMILES string of the molecule is COc1cc2c(cc1OC)C1(C)N(CC2)C(C(=O)Nc2ccccc2)=NN1c1ccc(C)cc1. The van der Waals surface area contributed by atoms with Crippen LogP contribution in [-0.4, -0.2) is 37.4 Å². The number of aryl methyl sites for hydroxylation is 1. The van der Waals surface area contributed by atoms with Crippen molar-refractivity contribution in [1.82, 2.24) is 4.90 Å². The molecule has 1 amide bonds. The lowest BCUT2D eigenvalue weighted by atomic mass is 9.87. The third-order valence-electron chi connectivity index (χ3n) is 6.63. The number of amidine groups is 1. The molecule has 174 valence electrons. The molecule has 0 fully saturated rings. The predicted octanol–water partition coefficient (Wildman–Crippen LogP) is 4.52. The molecule has 0 saturated carbocycles. The molecule has 0 aliphatic carbocycles. The summed E-state index contributed by atoms with van der Waals surface area (Å²) in [7, 11) is 3.28. The Balaban J connectivity index is 1.63. The van der Waals surface area contributed by atoms with Crippen LogP contribution in [0.5, 0.6) is 11.5 Å². The Hall–Kier alpha value is -4.00. The Morgan fingerprint density at radius 2 is 1.68 bits per heavy atom. The van der Waals surface area contributed by atoms with Gasteiger partial charge in [-0.05, 0) is 62.2 Å². The van der Waals surface area contributed by atoms with E-state index < -0.39 is 5.66 Å². The molecule has 0 spiro atoms. The van der Waals surface area contributed by atoms with Gasteiger partial charge in [0.05, 0.1) is 19.9 Å². The van der Waals surface area contributed by atoms with Gasteiger partial charge in [-0.25, -0.2) is 5.01 Å². The van der Waals surface area contributed by atoms with E-state index in [4.69, 9.17) is 14.6 Å². The minimum atomic E-state index is -0.717. The number of carbonyl (C=O) groups is 1. The molecule has 2 aliphatic rings. The van der Waals surface area contributed by atoms with Crippen LogP contribution in [0.2, 0.25) is 0 Å². The number of amides is 1. The van der Waals surface area contributed by atoms with Crippen LogP contribution in [0.25, 0.3) is 0 Å². The number of rotatable bonds is 5. The van der Waals surface area contributed by atoms with E-state index in [1.165, 1.54) is 0 Å². The second-order valence-corrected chi connectivity index (χ2v) is 8.68. The lowest BCUT2D eigenvalue weighted by Gasteiger charge is -2.46. The number of nitrogens with one attached hydrogen (secondary N) is 1. The summed E-state index contributed by atoms with van der Waals surface area (Å²) < 4.78 is 11.2. The average Bonchev–Trinajstić information content (AvgIpc) is 3.17. The molecule has 0 radical (unpaired) electrons. The van der Waals surface area contributed by atoms with E-state index in [2.05, 4.69) is 36.2 Å². The number of fused-ring (bicyclic) bond motifs is 3. The van der Waals surface area contributed by atoms with E-state index in [0.717, 1.165) is 34.5 Å². The van der Waals surface area contributed by atoms with E-state index in [1.807, 2.05) is 59.6 Å². The first-order valence-electron chi connectivity index (χ1n) is 11.3. The van der Waals surface area contributed by atoms with E-state index in [-0.39, 0.29) is 5.91 Å². The molecule has 1 unspecified atom stereocenters. The summed E-state index contributed by atoms with van der Waals surface area (Å²) in [6.45, 7) is 4.79. The maximum absolute atomic E-state index is 13.4. The van der Waals surface area contributed by atoms with Crippen molar-refractivity contribution in [2.45, 2.75) is 25.9 Å². The quantitative estimate of drug-likeness (QED) is 0.612. The third kappa shape index (κ3) is 3.44. The molecule has 5 rings (SSSR count). The molecular weight excluding hydrogens is 428 g/mol. The van der Waals surface area contributed by atoms with E-state index >= 15 is 0 Å². The lowest BCUT2D eigenvalue weighted by molar-refractivity contribution is -0.111. The first kappa shape index (κ1) is 21.8. The molecule has 0 aromatic heterocycles. The van der Waals surface area contributed by atoms with Crippen LogP contribution >= 0.6 is 0 Å². The van der Waals surface area contributed by atoms with Crippen LogP contribution in [-0.2, 0) is 16.9 Å². The number of benzene rings is 3. The average molecular weight is 457 g/mol. The predicted molar refractivity (Wildman–Crippen MR) is 133 cm³/mol. The van der Waals surface area contributed by atoms with Gasteiger partial charge in [-0.2, -0.15) is 0 Å². The normalized spacial score (nSPS) is 18.6. The van der Waals surface area contributed by atoms with Gasteiger partial charge >= 0.3 is 0 Å². The highest BCUT2D eigenvalue weighted by molar-refractivity contribution is 6.42. The van der Waals surface area contributed by atoms with E-state index in [0.29, 0.717) is 23.9 Å². The fraction of sp³-hybridized carbons (Fsp3) is 0.259. The number of para-hydroxylation sites is 1. The second kappa shape index (κ2) is 8.41. The molecule has 3 aromatic rings. The highest BCUT2D eigenvalue weighted by Gasteiger charge is 2.52. The van der Waals surface area contributed by atoms with Crippen LogP contribution < -0.4 is 19.8 Å². The van der Waals surface area contributed by atoms with Gasteiger partial charge in [0, 0.05) is 17.8 Å². The van der Waals surface area contributed by atoms with Crippen molar-refractivity contribution in [2.24, 2.45) is 5.10 Å². The van der Waals surface area contributed by atoms with Gasteiger partial charge in [0.1, 0.15) is 0 Å².